The number of hydrogen-bond donors (Lipinski definition) is 0. The molecule has 0 radical (unpaired) electrons. The number of oxazole rings is 1. The number of anilines is 1. The van der Waals surface area contributed by atoms with Gasteiger partial charge in [0.2, 0.25) is 32.8 Å². The van der Waals surface area contributed by atoms with Crippen LogP contribution < -0.4 is 97.6 Å². The summed E-state index contributed by atoms with van der Waals surface area (Å²) in [6.07, 6.45) is 46.8. The van der Waals surface area contributed by atoms with Crippen LogP contribution in [0.2, 0.25) is 0 Å². The van der Waals surface area contributed by atoms with Gasteiger partial charge in [0.15, 0.2) is 12.0 Å². The van der Waals surface area contributed by atoms with Crippen LogP contribution in [0, 0.1) is 24.0 Å². The third-order valence-electron chi connectivity index (χ3n) is 17.8. The van der Waals surface area contributed by atoms with Crippen molar-refractivity contribution < 1.29 is 119 Å². The van der Waals surface area contributed by atoms with Crippen LogP contribution in [0.4, 0.5) is 11.4 Å². The summed E-state index contributed by atoms with van der Waals surface area (Å²) in [5, 5.41) is 21.7. The molecule has 9 aromatic rings. The van der Waals surface area contributed by atoms with Crippen molar-refractivity contribution in [2.75, 3.05) is 38.8 Å². The van der Waals surface area contributed by atoms with Crippen molar-refractivity contribution >= 4 is 141 Å². The van der Waals surface area contributed by atoms with Crippen LogP contribution in [0.1, 0.15) is 157 Å². The minimum Gasteiger partial charge on any atom is -1.00 e. The first-order valence-electron chi connectivity index (χ1n) is 37.6. The molecule has 6 heterocycles. The summed E-state index contributed by atoms with van der Waals surface area (Å²) >= 11 is 11.0. The summed E-state index contributed by atoms with van der Waals surface area (Å²) in [5.41, 5.74) is 10.6. The topological polar surface area (TPSA) is 163 Å². The maximum Gasteiger partial charge on any atom is 0.373 e. The molecule has 25 heteroatoms. The van der Waals surface area contributed by atoms with Gasteiger partial charge in [-0.15, -0.1) is 0 Å². The number of methoxy groups -OCH3 is 1. The summed E-state index contributed by atoms with van der Waals surface area (Å²) in [6.45, 7) is 25.2. The highest BCUT2D eigenvalue weighted by molar-refractivity contribution is 9.11. The first kappa shape index (κ1) is 98.6. The normalized spacial score (nSPS) is 13.4. The van der Waals surface area contributed by atoms with E-state index in [2.05, 4.69) is 223 Å². The molecule has 0 unspecified atom stereocenters. The van der Waals surface area contributed by atoms with Gasteiger partial charge in [0.25, 0.3) is 15.7 Å². The highest BCUT2D eigenvalue weighted by Gasteiger charge is 2.24. The Bertz CT molecular complexity index is 4890. The zero-order valence-electron chi connectivity index (χ0n) is 66.7. The van der Waals surface area contributed by atoms with Crippen LogP contribution in [-0.4, -0.2) is 56.7 Å². The fraction of sp³-hybridized carbons (Fsp3) is 0.318. The maximum absolute atomic E-state index is 10.9. The molecule has 0 fully saturated rings. The highest BCUT2D eigenvalue weighted by atomic mass is 127. The van der Waals surface area contributed by atoms with E-state index in [-0.39, 0.29) is 75.5 Å². The van der Waals surface area contributed by atoms with Crippen LogP contribution in [-0.2, 0) is 41.3 Å². The Morgan fingerprint density at radius 1 is 0.646 bits per heavy atom. The van der Waals surface area contributed by atoms with Gasteiger partial charge in [-0.05, 0) is 149 Å². The first-order valence-corrected chi connectivity index (χ1v) is 43.1. The van der Waals surface area contributed by atoms with E-state index in [1.807, 2.05) is 152 Å². The number of para-hydroxylation sites is 2. The van der Waals surface area contributed by atoms with Crippen molar-refractivity contribution in [1.82, 2.24) is 4.90 Å². The van der Waals surface area contributed by atoms with E-state index in [1.165, 1.54) is 123 Å². The number of nitro benzene ring substituents is 1. The molecule has 0 bridgehead atoms. The predicted molar refractivity (Wildman–Crippen MR) is 464 cm³/mol. The lowest BCUT2D eigenvalue weighted by Crippen LogP contribution is -3.00. The number of fused-ring (bicyclic) bond motifs is 3. The maximum atomic E-state index is 10.9. The molecule has 0 saturated heterocycles. The summed E-state index contributed by atoms with van der Waals surface area (Å²) in [6, 6.07) is 41.8. The van der Waals surface area contributed by atoms with Gasteiger partial charge in [-0.3, -0.25) is 14.3 Å². The number of unbranched alkanes of at least 4 members (excludes halogenated alkanes) is 8. The number of allylic oxidation sites excluding steroid dienone is 11. The van der Waals surface area contributed by atoms with Gasteiger partial charge in [-0.25, -0.2) is 8.42 Å². The molecule has 2 aliphatic heterocycles. The van der Waals surface area contributed by atoms with Crippen molar-refractivity contribution in [3.63, 3.8) is 0 Å². The molecule has 113 heavy (non-hydrogen) atoms. The van der Waals surface area contributed by atoms with Gasteiger partial charge in [-0.2, -0.15) is 18.3 Å². The molecule has 0 amide bonds. The van der Waals surface area contributed by atoms with Gasteiger partial charge in [0, 0.05) is 97.0 Å². The van der Waals surface area contributed by atoms with Crippen LogP contribution in [0.3, 0.4) is 0 Å². The number of thioether (sulfide) groups is 2. The number of aryl methyl sites for hydroxylation is 4. The second kappa shape index (κ2) is 53.5. The van der Waals surface area contributed by atoms with Crippen molar-refractivity contribution in [2.24, 2.45) is 7.05 Å². The van der Waals surface area contributed by atoms with Gasteiger partial charge < -0.3 is 93.2 Å². The summed E-state index contributed by atoms with van der Waals surface area (Å²) in [4.78, 5) is 16.6. The van der Waals surface area contributed by atoms with Gasteiger partial charge in [0.05, 0.1) is 58.3 Å². The first-order chi connectivity index (χ1) is 53.3. The number of aromatic nitrogens is 4. The number of nitrogens with zero attached hydrogens (tertiary/aromatic N) is 7. The van der Waals surface area contributed by atoms with E-state index >= 15 is 0 Å². The average Bonchev–Trinajstić information content (AvgIpc) is 1.58. The lowest BCUT2D eigenvalue weighted by molar-refractivity contribution is -0.703. The smallest absolute Gasteiger partial charge is 0.373 e. The third-order valence-corrected chi connectivity index (χ3v) is 23.1. The minimum atomic E-state index is -4.41. The van der Waals surface area contributed by atoms with E-state index in [9.17, 15) is 23.1 Å². The second-order valence-electron chi connectivity index (χ2n) is 25.5. The second-order valence-corrected chi connectivity index (χ2v) is 31.5. The SMILES string of the molecule is CCCCCCCN1C(C)=CS\C1=C/C=C/C=C/C=C/c1scc(C)[n+]1CCCCCCC.CCN1/C(=C/C=C(Br)/C=C/c2sc3ccccc3[n+]2CC)Sc2ccccc21.CCOc1ccc2c(ccc(/C=C/c3cccc([N+](=O)[O-])c3)[n+]2C)c1.CC[n+]1c(C)coc1/C=C/c1ccc(OC)cc1.COS(=O)(=O)[O-].[Br-].[I-].[I-]. The van der Waals surface area contributed by atoms with E-state index in [0.29, 0.717) is 6.61 Å². The average molecular weight is 1980 g/mol. The summed E-state index contributed by atoms with van der Waals surface area (Å²) in [7, 11) is 0.0590. The molecular formula is C88H107Br2I2N7O9S5. The minimum absolute atomic E-state index is 0. The predicted octanol–water partition coefficient (Wildman–Crippen LogP) is 13.5. The molecule has 11 rings (SSSR count). The zero-order chi connectivity index (χ0) is 79.2. The number of pyridine rings is 1. The number of nitro groups is 1. The quantitative estimate of drug-likeness (QED) is 0.00590. The Kier molecular flexibility index (Phi) is 46.6. The number of thiazole rings is 2. The standard InChI is InChI=1S/C29H45N2S2.C23H22BrN2S2.C20H19N2O3.C15H18NO2.CH4O4S.BrH.2HI/c1-5-7-9-14-18-22-30-26(3)24-32-28(30)20-16-12-11-13-17-21-29-31(27(4)25-33-29)23-19-15-10-8-6-2;1-3-25-18-9-5-7-11-20(18)27-22(25)15-13-17(24)14-16-23-26(4-2)19-10-6-8-12-21(19)28-23;1-3-25-19-11-12-20-16(14-19)8-10-17(21(20)2)9-7-15-5-4-6-18(13-15)22(23)24;1-4-16-12(2)11-18-15(16)10-7-13-5-8-14(17-3)9-6-13;1-5-6(2,3)4;;;/h11-13,16-17,20-21,24-25H,5-10,14-15,18-19,22-23H2,1-4H3;5-16H,3-4H2,1-2H3;4-14H,3H2,1-2H3;5-11H,4H2,1-3H3;1H3,(H,2,3,4);3*1H/q4*+1;;;;/p-4/b;;9-7+;10-7+;;;;. The molecule has 0 saturated carbocycles. The number of rotatable bonds is 31. The molecule has 0 atom stereocenters. The Balaban J connectivity index is 0.000000312. The largest absolute Gasteiger partial charge is 1.00 e. The molecule has 0 spiro atoms. The summed E-state index contributed by atoms with van der Waals surface area (Å²) < 4.78 is 58.6. The zero-order valence-corrected chi connectivity index (χ0v) is 78.3. The Morgan fingerprint density at radius 2 is 1.32 bits per heavy atom. The van der Waals surface area contributed by atoms with Gasteiger partial charge in [0.1, 0.15) is 42.9 Å². The fourth-order valence-corrected chi connectivity index (χ4v) is 16.3. The van der Waals surface area contributed by atoms with Crippen molar-refractivity contribution in [2.45, 2.75) is 151 Å². The van der Waals surface area contributed by atoms with Crippen LogP contribution >= 0.6 is 62.1 Å². The van der Waals surface area contributed by atoms with E-state index in [0.717, 1.165) is 95.1 Å². The molecule has 606 valence electrons. The van der Waals surface area contributed by atoms with Crippen molar-refractivity contribution in [3.05, 3.63) is 274 Å². The third kappa shape index (κ3) is 32.3. The molecular weight excluding hydrogens is 1870 g/mol. The van der Waals surface area contributed by atoms with E-state index in [4.69, 9.17) is 13.9 Å². The van der Waals surface area contributed by atoms with Crippen LogP contribution in [0.15, 0.2) is 229 Å². The number of non-ortho nitro benzene ring substituents is 1. The summed E-state index contributed by atoms with van der Waals surface area (Å²) in [5.74, 6) is 2.59. The molecule has 4 aromatic heterocycles. The van der Waals surface area contributed by atoms with Crippen LogP contribution in [0.25, 0.3) is 57.6 Å². The Labute approximate surface area is 740 Å². The number of halogens is 4. The molecule has 0 N–H and O–H groups in total. The number of ether oxygens (including phenoxy) is 2. The highest BCUT2D eigenvalue weighted by Crippen LogP contribution is 2.45. The molecule has 0 aliphatic carbocycles. The number of benzene rings is 5. The van der Waals surface area contributed by atoms with Gasteiger partial charge >= 0.3 is 5.89 Å². The van der Waals surface area contributed by atoms with Crippen LogP contribution in [0.5, 0.6) is 11.5 Å². The number of hydrogen-bond acceptors (Lipinski definition) is 15. The van der Waals surface area contributed by atoms with Gasteiger partial charge in [-0.1, -0.05) is 200 Å². The molecule has 5 aromatic carbocycles. The molecule has 2 aliphatic rings. The Morgan fingerprint density at radius 3 is 2.01 bits per heavy atom. The van der Waals surface area contributed by atoms with E-state index < -0.39 is 10.4 Å². The molecule has 16 nitrogen and oxygen atoms in total. The lowest BCUT2D eigenvalue weighted by atomic mass is 10.1. The van der Waals surface area contributed by atoms with Crippen molar-refractivity contribution in [1.29, 1.82) is 0 Å². The fourth-order valence-electron chi connectivity index (χ4n) is 11.9. The lowest BCUT2D eigenvalue weighted by Gasteiger charge is -2.21. The monoisotopic (exact) mass is 1980 g/mol. The van der Waals surface area contributed by atoms with E-state index in [1.54, 1.807) is 25.5 Å². The Hall–Kier alpha value is -6.77. The van der Waals surface area contributed by atoms with Crippen molar-refractivity contribution in [3.8, 4) is 11.5 Å².